The Labute approximate surface area is 114 Å². The van der Waals surface area contributed by atoms with Crippen LogP contribution in [0.25, 0.3) is 5.70 Å². The highest BCUT2D eigenvalue weighted by Crippen LogP contribution is 2.26. The Morgan fingerprint density at radius 2 is 1.53 bits per heavy atom. The van der Waals surface area contributed by atoms with Crippen LogP contribution in [0.2, 0.25) is 0 Å². The highest BCUT2D eigenvalue weighted by Gasteiger charge is 2.19. The minimum atomic E-state index is 0.944. The zero-order valence-corrected chi connectivity index (χ0v) is 11.2. The van der Waals surface area contributed by atoms with Crippen molar-refractivity contribution in [3.8, 4) is 0 Å². The van der Waals surface area contributed by atoms with E-state index in [9.17, 15) is 0 Å². The van der Waals surface area contributed by atoms with Gasteiger partial charge in [0.05, 0.1) is 12.4 Å². The summed E-state index contributed by atoms with van der Waals surface area (Å²) in [6, 6.07) is 21.2. The van der Waals surface area contributed by atoms with Crippen molar-refractivity contribution in [1.29, 1.82) is 0 Å². The Morgan fingerprint density at radius 1 is 0.895 bits per heavy atom. The van der Waals surface area contributed by atoms with Crippen molar-refractivity contribution in [2.24, 2.45) is 0 Å². The van der Waals surface area contributed by atoms with Crippen molar-refractivity contribution in [2.75, 3.05) is 13.7 Å². The zero-order chi connectivity index (χ0) is 13.1. The van der Waals surface area contributed by atoms with E-state index in [0.29, 0.717) is 0 Å². The van der Waals surface area contributed by atoms with E-state index in [4.69, 9.17) is 0 Å². The maximum atomic E-state index is 2.41. The van der Waals surface area contributed by atoms with E-state index in [1.807, 2.05) is 0 Å². The van der Waals surface area contributed by atoms with Crippen LogP contribution >= 0.6 is 0 Å². The van der Waals surface area contributed by atoms with Gasteiger partial charge in [-0.25, -0.2) is 0 Å². The highest BCUT2D eigenvalue weighted by atomic mass is 15.3. The van der Waals surface area contributed by atoms with Gasteiger partial charge in [0.1, 0.15) is 0 Å². The summed E-state index contributed by atoms with van der Waals surface area (Å²) >= 11 is 0. The van der Waals surface area contributed by atoms with Crippen LogP contribution in [0.4, 0.5) is 0 Å². The quantitative estimate of drug-likeness (QED) is 0.824. The van der Waals surface area contributed by atoms with Crippen LogP contribution in [-0.2, 0) is 6.54 Å². The van der Waals surface area contributed by atoms with Gasteiger partial charge in [-0.1, -0.05) is 60.7 Å². The second kappa shape index (κ2) is 5.19. The topological polar surface area (TPSA) is 6.48 Å². The molecular formula is C17H18N2. The fourth-order valence-corrected chi connectivity index (χ4v) is 2.48. The summed E-state index contributed by atoms with van der Waals surface area (Å²) in [6.45, 7) is 1.89. The summed E-state index contributed by atoms with van der Waals surface area (Å²) in [7, 11) is 2.12. The largest absolute Gasteiger partial charge is 0.361 e. The molecule has 0 saturated heterocycles. The average Bonchev–Trinajstić information content (AvgIpc) is 2.82. The molecule has 0 atom stereocenters. The van der Waals surface area contributed by atoms with Crippen molar-refractivity contribution >= 4 is 5.70 Å². The summed E-state index contributed by atoms with van der Waals surface area (Å²) < 4.78 is 0. The molecule has 3 rings (SSSR count). The van der Waals surface area contributed by atoms with Crippen molar-refractivity contribution in [3.05, 3.63) is 78.0 Å². The van der Waals surface area contributed by atoms with E-state index in [2.05, 4.69) is 83.7 Å². The molecule has 0 spiro atoms. The fraction of sp³-hybridized carbons (Fsp3) is 0.176. The number of nitrogens with zero attached hydrogens (tertiary/aromatic N) is 2. The first-order valence-electron chi connectivity index (χ1n) is 6.59. The fourth-order valence-electron chi connectivity index (χ4n) is 2.48. The maximum absolute atomic E-state index is 2.41. The monoisotopic (exact) mass is 250 g/mol. The van der Waals surface area contributed by atoms with Gasteiger partial charge in [-0.3, -0.25) is 0 Å². The maximum Gasteiger partial charge on any atom is 0.0899 e. The predicted molar refractivity (Wildman–Crippen MR) is 79.0 cm³/mol. The van der Waals surface area contributed by atoms with Gasteiger partial charge in [-0.15, -0.1) is 0 Å². The van der Waals surface area contributed by atoms with Crippen LogP contribution in [0.15, 0.2) is 66.9 Å². The van der Waals surface area contributed by atoms with Crippen LogP contribution < -0.4 is 0 Å². The molecule has 2 aromatic carbocycles. The van der Waals surface area contributed by atoms with Gasteiger partial charge in [0.2, 0.25) is 0 Å². The molecule has 96 valence electrons. The molecule has 0 unspecified atom stereocenters. The summed E-state index contributed by atoms with van der Waals surface area (Å²) in [4.78, 5) is 4.63. The minimum Gasteiger partial charge on any atom is -0.361 e. The molecule has 1 heterocycles. The first kappa shape index (κ1) is 11.8. The predicted octanol–water partition coefficient (Wildman–Crippen LogP) is 3.39. The zero-order valence-electron chi connectivity index (χ0n) is 11.2. The third-order valence-electron chi connectivity index (χ3n) is 3.36. The third-order valence-corrected chi connectivity index (χ3v) is 3.36. The van der Waals surface area contributed by atoms with E-state index in [0.717, 1.165) is 13.2 Å². The molecule has 0 aromatic heterocycles. The molecule has 0 N–H and O–H groups in total. The molecular weight excluding hydrogens is 232 g/mol. The average molecular weight is 250 g/mol. The second-order valence-electron chi connectivity index (χ2n) is 4.96. The molecule has 0 aliphatic carbocycles. The minimum absolute atomic E-state index is 0.944. The van der Waals surface area contributed by atoms with Crippen molar-refractivity contribution < 1.29 is 0 Å². The number of rotatable bonds is 3. The Morgan fingerprint density at radius 3 is 2.21 bits per heavy atom. The van der Waals surface area contributed by atoms with Crippen molar-refractivity contribution in [3.63, 3.8) is 0 Å². The molecule has 0 fully saturated rings. The molecule has 19 heavy (non-hydrogen) atoms. The Kier molecular flexibility index (Phi) is 3.23. The lowest BCUT2D eigenvalue weighted by Crippen LogP contribution is -2.24. The number of benzene rings is 2. The molecule has 0 saturated carbocycles. The van der Waals surface area contributed by atoms with Gasteiger partial charge in [-0.05, 0) is 11.1 Å². The first-order chi connectivity index (χ1) is 9.33. The number of hydrogen-bond acceptors (Lipinski definition) is 2. The van der Waals surface area contributed by atoms with Crippen LogP contribution in [0.5, 0.6) is 0 Å². The third kappa shape index (κ3) is 2.63. The Hall–Kier alpha value is -2.22. The van der Waals surface area contributed by atoms with Gasteiger partial charge in [-0.2, -0.15) is 0 Å². The van der Waals surface area contributed by atoms with E-state index in [1.54, 1.807) is 0 Å². The lowest BCUT2D eigenvalue weighted by Gasteiger charge is -2.23. The SMILES string of the molecule is CN1C=C(c2ccccc2)N(Cc2ccccc2)C1. The molecule has 0 bridgehead atoms. The van der Waals surface area contributed by atoms with Gasteiger partial charge < -0.3 is 9.80 Å². The van der Waals surface area contributed by atoms with Gasteiger partial charge in [0.15, 0.2) is 0 Å². The summed E-state index contributed by atoms with van der Waals surface area (Å²) in [6.07, 6.45) is 2.22. The summed E-state index contributed by atoms with van der Waals surface area (Å²) in [5.41, 5.74) is 3.93. The summed E-state index contributed by atoms with van der Waals surface area (Å²) in [5, 5.41) is 0. The van der Waals surface area contributed by atoms with Crippen LogP contribution in [0.3, 0.4) is 0 Å². The normalized spacial score (nSPS) is 14.7. The van der Waals surface area contributed by atoms with E-state index >= 15 is 0 Å². The van der Waals surface area contributed by atoms with Crippen LogP contribution in [0.1, 0.15) is 11.1 Å². The van der Waals surface area contributed by atoms with E-state index in [-0.39, 0.29) is 0 Å². The lowest BCUT2D eigenvalue weighted by atomic mass is 10.1. The molecule has 0 amide bonds. The lowest BCUT2D eigenvalue weighted by molar-refractivity contribution is 0.300. The Bertz CT molecular complexity index is 560. The number of hydrogen-bond donors (Lipinski definition) is 0. The van der Waals surface area contributed by atoms with Crippen LogP contribution in [0, 0.1) is 0 Å². The summed E-state index contributed by atoms with van der Waals surface area (Å²) in [5.74, 6) is 0. The van der Waals surface area contributed by atoms with Gasteiger partial charge >= 0.3 is 0 Å². The molecule has 0 radical (unpaired) electrons. The molecule has 2 aromatic rings. The first-order valence-corrected chi connectivity index (χ1v) is 6.59. The van der Waals surface area contributed by atoms with Crippen molar-refractivity contribution in [1.82, 2.24) is 9.80 Å². The smallest absolute Gasteiger partial charge is 0.0899 e. The molecule has 1 aliphatic rings. The second-order valence-corrected chi connectivity index (χ2v) is 4.96. The standard InChI is InChI=1S/C17H18N2/c1-18-13-17(16-10-6-3-7-11-16)19(14-18)12-15-8-4-2-5-9-15/h2-11,13H,12,14H2,1H3. The van der Waals surface area contributed by atoms with Gasteiger partial charge in [0, 0.05) is 19.8 Å². The van der Waals surface area contributed by atoms with E-state index in [1.165, 1.54) is 16.8 Å². The van der Waals surface area contributed by atoms with Crippen molar-refractivity contribution in [2.45, 2.75) is 6.54 Å². The van der Waals surface area contributed by atoms with Crippen LogP contribution in [-0.4, -0.2) is 23.5 Å². The highest BCUT2D eigenvalue weighted by molar-refractivity contribution is 5.65. The van der Waals surface area contributed by atoms with Gasteiger partial charge in [0.25, 0.3) is 0 Å². The Balaban J connectivity index is 1.84. The molecule has 2 heteroatoms. The molecule has 2 nitrogen and oxygen atoms in total. The van der Waals surface area contributed by atoms with E-state index < -0.39 is 0 Å². The molecule has 1 aliphatic heterocycles.